The van der Waals surface area contributed by atoms with Gasteiger partial charge in [0, 0.05) is 30.1 Å². The van der Waals surface area contributed by atoms with Crippen LogP contribution in [0, 0.1) is 0 Å². The predicted molar refractivity (Wildman–Crippen MR) is 114 cm³/mol. The fourth-order valence-corrected chi connectivity index (χ4v) is 4.45. The number of likely N-dealkylation sites (tertiary alicyclic amines) is 1. The number of nitrogens with zero attached hydrogens (tertiary/aromatic N) is 1. The lowest BCUT2D eigenvalue weighted by Gasteiger charge is -2.33. The molecule has 0 radical (unpaired) electrons. The zero-order valence-corrected chi connectivity index (χ0v) is 17.4. The molecule has 0 aliphatic carbocycles. The molecule has 1 aromatic heterocycles. The lowest BCUT2D eigenvalue weighted by Crippen LogP contribution is -2.36. The molecule has 2 N–H and O–H groups in total. The molecule has 150 valence electrons. The Morgan fingerprint density at radius 3 is 2.64 bits per heavy atom. The van der Waals surface area contributed by atoms with Gasteiger partial charge in [-0.25, -0.2) is 0 Å². The molecule has 28 heavy (non-hydrogen) atoms. The van der Waals surface area contributed by atoms with Crippen molar-refractivity contribution in [1.29, 1.82) is 0 Å². The van der Waals surface area contributed by atoms with Gasteiger partial charge in [0.2, 0.25) is 11.8 Å². The van der Waals surface area contributed by atoms with E-state index in [2.05, 4.69) is 34.6 Å². The number of carbonyl (C=O) groups is 2. The standard InChI is InChI=1S/C22H29N3O2S/c1-16-6-3-4-12-25(16)15-18-8-10-19(11-9-18)24-22(27)14-20(23-17(2)26)21-7-5-13-28-21/h5,7-11,13,16,20H,3-4,6,12,14-15H2,1-2H3,(H,23,26)(H,24,27). The van der Waals surface area contributed by atoms with Crippen molar-refractivity contribution in [1.82, 2.24) is 10.2 Å². The highest BCUT2D eigenvalue weighted by Crippen LogP contribution is 2.23. The molecule has 5 nitrogen and oxygen atoms in total. The van der Waals surface area contributed by atoms with E-state index < -0.39 is 0 Å². The van der Waals surface area contributed by atoms with Gasteiger partial charge in [-0.3, -0.25) is 14.5 Å². The maximum absolute atomic E-state index is 12.5. The molecule has 1 aliphatic rings. The molecule has 2 heterocycles. The van der Waals surface area contributed by atoms with Gasteiger partial charge in [-0.05, 0) is 55.5 Å². The molecule has 0 bridgehead atoms. The number of anilines is 1. The van der Waals surface area contributed by atoms with Crippen LogP contribution in [0.1, 0.15) is 56.0 Å². The van der Waals surface area contributed by atoms with E-state index >= 15 is 0 Å². The smallest absolute Gasteiger partial charge is 0.226 e. The Balaban J connectivity index is 1.55. The van der Waals surface area contributed by atoms with E-state index in [0.717, 1.165) is 23.7 Å². The minimum atomic E-state index is -0.294. The highest BCUT2D eigenvalue weighted by Gasteiger charge is 2.19. The molecule has 1 fully saturated rings. The third-order valence-electron chi connectivity index (χ3n) is 5.22. The second-order valence-electron chi connectivity index (χ2n) is 7.53. The molecule has 0 saturated carbocycles. The van der Waals surface area contributed by atoms with Crippen LogP contribution in [0.3, 0.4) is 0 Å². The summed E-state index contributed by atoms with van der Waals surface area (Å²) in [5.74, 6) is -0.243. The first-order valence-corrected chi connectivity index (χ1v) is 10.8. The number of rotatable bonds is 7. The Morgan fingerprint density at radius 1 is 1.21 bits per heavy atom. The van der Waals surface area contributed by atoms with Gasteiger partial charge in [-0.1, -0.05) is 24.6 Å². The van der Waals surface area contributed by atoms with Gasteiger partial charge in [0.1, 0.15) is 0 Å². The number of benzene rings is 1. The summed E-state index contributed by atoms with van der Waals surface area (Å²) >= 11 is 1.54. The summed E-state index contributed by atoms with van der Waals surface area (Å²) in [7, 11) is 0. The first-order chi connectivity index (χ1) is 13.5. The minimum Gasteiger partial charge on any atom is -0.348 e. The summed E-state index contributed by atoms with van der Waals surface area (Å²) < 4.78 is 0. The number of carbonyl (C=O) groups excluding carboxylic acids is 2. The van der Waals surface area contributed by atoms with E-state index in [-0.39, 0.29) is 24.3 Å². The number of piperidine rings is 1. The molecule has 2 atom stereocenters. The third-order valence-corrected chi connectivity index (χ3v) is 6.20. The van der Waals surface area contributed by atoms with Crippen LogP contribution in [0.25, 0.3) is 0 Å². The van der Waals surface area contributed by atoms with Crippen LogP contribution < -0.4 is 10.6 Å². The Morgan fingerprint density at radius 2 is 2.00 bits per heavy atom. The summed E-state index contributed by atoms with van der Waals surface area (Å²) in [5, 5.41) is 7.76. The molecule has 2 aromatic rings. The van der Waals surface area contributed by atoms with Gasteiger partial charge in [-0.15, -0.1) is 11.3 Å². The van der Waals surface area contributed by atoms with Crippen molar-refractivity contribution < 1.29 is 9.59 Å². The number of nitrogens with one attached hydrogen (secondary N) is 2. The van der Waals surface area contributed by atoms with Crippen LogP contribution in [0.15, 0.2) is 41.8 Å². The average Bonchev–Trinajstić information content (AvgIpc) is 3.19. The lowest BCUT2D eigenvalue weighted by molar-refractivity contribution is -0.120. The van der Waals surface area contributed by atoms with Gasteiger partial charge in [0.25, 0.3) is 0 Å². The molecular formula is C22H29N3O2S. The first kappa shape index (κ1) is 20.6. The van der Waals surface area contributed by atoms with E-state index in [1.54, 1.807) is 11.3 Å². The van der Waals surface area contributed by atoms with Crippen molar-refractivity contribution >= 4 is 28.8 Å². The second kappa shape index (κ2) is 9.85. The molecule has 3 rings (SSSR count). The Kier molecular flexibility index (Phi) is 7.23. The van der Waals surface area contributed by atoms with Crippen LogP contribution in [0.2, 0.25) is 0 Å². The second-order valence-corrected chi connectivity index (χ2v) is 8.51. The normalized spacial score (nSPS) is 18.4. The Hall–Kier alpha value is -2.18. The highest BCUT2D eigenvalue weighted by molar-refractivity contribution is 7.10. The number of hydrogen-bond donors (Lipinski definition) is 2. The van der Waals surface area contributed by atoms with E-state index in [4.69, 9.17) is 0 Å². The van der Waals surface area contributed by atoms with E-state index in [1.807, 2.05) is 29.6 Å². The Labute approximate surface area is 171 Å². The van der Waals surface area contributed by atoms with Crippen LogP contribution in [-0.2, 0) is 16.1 Å². The first-order valence-electron chi connectivity index (χ1n) is 9.94. The zero-order chi connectivity index (χ0) is 19.9. The maximum atomic E-state index is 12.5. The molecule has 2 amide bonds. The van der Waals surface area contributed by atoms with Crippen LogP contribution in [-0.4, -0.2) is 29.3 Å². The fraction of sp³-hybridized carbons (Fsp3) is 0.455. The van der Waals surface area contributed by atoms with Crippen molar-refractivity contribution in [3.63, 3.8) is 0 Å². The maximum Gasteiger partial charge on any atom is 0.226 e. The van der Waals surface area contributed by atoms with Crippen molar-refractivity contribution in [2.75, 3.05) is 11.9 Å². The molecule has 1 aromatic carbocycles. The van der Waals surface area contributed by atoms with Gasteiger partial charge < -0.3 is 10.6 Å². The SMILES string of the molecule is CC(=O)NC(CC(=O)Nc1ccc(CN2CCCCC2C)cc1)c1cccs1. The summed E-state index contributed by atoms with van der Waals surface area (Å²) in [5.41, 5.74) is 2.05. The van der Waals surface area contributed by atoms with E-state index in [9.17, 15) is 9.59 Å². The van der Waals surface area contributed by atoms with Gasteiger partial charge in [0.15, 0.2) is 0 Å². The summed E-state index contributed by atoms with van der Waals surface area (Å²) in [6.07, 6.45) is 4.09. The van der Waals surface area contributed by atoms with Crippen LogP contribution in [0.4, 0.5) is 5.69 Å². The summed E-state index contributed by atoms with van der Waals surface area (Å²) in [6, 6.07) is 12.3. The topological polar surface area (TPSA) is 61.4 Å². The Bertz CT molecular complexity index is 774. The molecular weight excluding hydrogens is 370 g/mol. The quantitative estimate of drug-likeness (QED) is 0.728. The monoisotopic (exact) mass is 399 g/mol. The summed E-state index contributed by atoms with van der Waals surface area (Å²) in [4.78, 5) is 27.5. The molecule has 1 aliphatic heterocycles. The van der Waals surface area contributed by atoms with Crippen molar-refractivity contribution in [2.45, 2.75) is 58.2 Å². The largest absolute Gasteiger partial charge is 0.348 e. The lowest BCUT2D eigenvalue weighted by atomic mass is 10.0. The minimum absolute atomic E-state index is 0.107. The zero-order valence-electron chi connectivity index (χ0n) is 16.6. The number of amides is 2. The molecule has 1 saturated heterocycles. The molecule has 0 spiro atoms. The average molecular weight is 400 g/mol. The van der Waals surface area contributed by atoms with E-state index in [0.29, 0.717) is 6.04 Å². The van der Waals surface area contributed by atoms with Crippen LogP contribution in [0.5, 0.6) is 0 Å². The van der Waals surface area contributed by atoms with Crippen molar-refractivity contribution in [3.05, 3.63) is 52.2 Å². The third kappa shape index (κ3) is 5.91. The number of thiophene rings is 1. The number of hydrogen-bond acceptors (Lipinski definition) is 4. The van der Waals surface area contributed by atoms with Gasteiger partial charge in [0.05, 0.1) is 12.5 Å². The highest BCUT2D eigenvalue weighted by atomic mass is 32.1. The van der Waals surface area contributed by atoms with Gasteiger partial charge in [-0.2, -0.15) is 0 Å². The summed E-state index contributed by atoms with van der Waals surface area (Å²) in [6.45, 7) is 5.89. The van der Waals surface area contributed by atoms with Crippen molar-refractivity contribution in [2.24, 2.45) is 0 Å². The molecule has 6 heteroatoms. The van der Waals surface area contributed by atoms with E-state index in [1.165, 1.54) is 31.7 Å². The predicted octanol–water partition coefficient (Wildman–Crippen LogP) is 4.33. The van der Waals surface area contributed by atoms with Gasteiger partial charge >= 0.3 is 0 Å². The van der Waals surface area contributed by atoms with Crippen molar-refractivity contribution in [3.8, 4) is 0 Å². The van der Waals surface area contributed by atoms with Crippen LogP contribution >= 0.6 is 11.3 Å². The fourth-order valence-electron chi connectivity index (χ4n) is 3.68. The molecule has 2 unspecified atom stereocenters.